The van der Waals surface area contributed by atoms with Crippen molar-refractivity contribution in [1.29, 1.82) is 0 Å². The molecule has 4 nitrogen and oxygen atoms in total. The Hall–Kier alpha value is -1.26. The summed E-state index contributed by atoms with van der Waals surface area (Å²) in [6, 6.07) is 4.96. The fourth-order valence-corrected chi connectivity index (χ4v) is 2.23. The summed E-state index contributed by atoms with van der Waals surface area (Å²) in [6.07, 6.45) is 0.135. The van der Waals surface area contributed by atoms with Crippen molar-refractivity contribution < 1.29 is 14.7 Å². The molecule has 1 rings (SSSR count). The van der Waals surface area contributed by atoms with Crippen molar-refractivity contribution in [2.75, 3.05) is 13.1 Å². The zero-order chi connectivity index (χ0) is 15.3. The van der Waals surface area contributed by atoms with Gasteiger partial charge in [-0.25, -0.2) is 0 Å². The van der Waals surface area contributed by atoms with Crippen LogP contribution in [0.25, 0.3) is 0 Å². The van der Waals surface area contributed by atoms with Gasteiger partial charge in [0.15, 0.2) is 0 Å². The van der Waals surface area contributed by atoms with E-state index < -0.39 is 11.9 Å². The second-order valence-electron chi connectivity index (χ2n) is 4.58. The fourth-order valence-electron chi connectivity index (χ4n) is 1.76. The summed E-state index contributed by atoms with van der Waals surface area (Å²) in [7, 11) is 0. The number of carboxylic acids is 1. The van der Waals surface area contributed by atoms with Gasteiger partial charge in [0.1, 0.15) is 0 Å². The van der Waals surface area contributed by atoms with Crippen LogP contribution >= 0.6 is 23.2 Å². The molecule has 1 unspecified atom stereocenters. The molecular formula is C14H17Cl2NO3. The van der Waals surface area contributed by atoms with E-state index in [1.165, 1.54) is 4.90 Å². The first-order valence-electron chi connectivity index (χ1n) is 6.29. The van der Waals surface area contributed by atoms with E-state index in [0.29, 0.717) is 22.2 Å². The fraction of sp³-hybridized carbons (Fsp3) is 0.429. The largest absolute Gasteiger partial charge is 0.481 e. The highest BCUT2D eigenvalue weighted by Crippen LogP contribution is 2.22. The molecule has 20 heavy (non-hydrogen) atoms. The average Bonchev–Trinajstić information content (AvgIpc) is 2.38. The molecule has 0 aliphatic rings. The molecule has 0 heterocycles. The van der Waals surface area contributed by atoms with Crippen LogP contribution < -0.4 is 0 Å². The van der Waals surface area contributed by atoms with Crippen LogP contribution in [0.2, 0.25) is 10.0 Å². The molecule has 1 atom stereocenters. The number of carboxylic acid groups (broad SMARTS) is 1. The van der Waals surface area contributed by atoms with Gasteiger partial charge in [0.25, 0.3) is 0 Å². The Kier molecular flexibility index (Phi) is 6.30. The molecule has 6 heteroatoms. The van der Waals surface area contributed by atoms with E-state index in [1.54, 1.807) is 25.1 Å². The van der Waals surface area contributed by atoms with Gasteiger partial charge in [-0.05, 0) is 24.6 Å². The van der Waals surface area contributed by atoms with E-state index in [2.05, 4.69) is 0 Å². The van der Waals surface area contributed by atoms with Crippen LogP contribution in [0.15, 0.2) is 18.2 Å². The molecule has 0 bridgehead atoms. The highest BCUT2D eigenvalue weighted by atomic mass is 35.5. The normalized spacial score (nSPS) is 12.0. The lowest BCUT2D eigenvalue weighted by Crippen LogP contribution is -2.37. The smallest absolute Gasteiger partial charge is 0.308 e. The predicted molar refractivity (Wildman–Crippen MR) is 79.2 cm³/mol. The molecule has 0 saturated heterocycles. The average molecular weight is 318 g/mol. The molecule has 1 amide bonds. The molecular weight excluding hydrogens is 301 g/mol. The van der Waals surface area contributed by atoms with Gasteiger partial charge < -0.3 is 10.0 Å². The lowest BCUT2D eigenvalue weighted by molar-refractivity contribution is -0.142. The third-order valence-electron chi connectivity index (χ3n) is 3.01. The molecule has 0 fully saturated rings. The first kappa shape index (κ1) is 16.8. The number of hydrogen-bond acceptors (Lipinski definition) is 2. The highest BCUT2D eigenvalue weighted by molar-refractivity contribution is 6.35. The number of benzene rings is 1. The van der Waals surface area contributed by atoms with Gasteiger partial charge in [0, 0.05) is 23.1 Å². The molecule has 0 spiro atoms. The first-order valence-corrected chi connectivity index (χ1v) is 7.05. The Morgan fingerprint density at radius 2 is 2.00 bits per heavy atom. The lowest BCUT2D eigenvalue weighted by Gasteiger charge is -2.23. The molecule has 1 aromatic rings. The minimum Gasteiger partial charge on any atom is -0.481 e. The van der Waals surface area contributed by atoms with E-state index in [-0.39, 0.29) is 18.9 Å². The SMILES string of the molecule is CCN(CC(C)C(=O)O)C(=O)Cc1ccc(Cl)cc1Cl. The summed E-state index contributed by atoms with van der Waals surface area (Å²) in [4.78, 5) is 24.5. The van der Waals surface area contributed by atoms with Gasteiger partial charge in [0.05, 0.1) is 12.3 Å². The molecule has 0 radical (unpaired) electrons. The van der Waals surface area contributed by atoms with Crippen molar-refractivity contribution in [2.45, 2.75) is 20.3 Å². The number of amides is 1. The zero-order valence-corrected chi connectivity index (χ0v) is 12.9. The van der Waals surface area contributed by atoms with E-state index in [0.717, 1.165) is 0 Å². The van der Waals surface area contributed by atoms with Crippen LogP contribution in [-0.4, -0.2) is 35.0 Å². The topological polar surface area (TPSA) is 57.6 Å². The maximum Gasteiger partial charge on any atom is 0.308 e. The summed E-state index contributed by atoms with van der Waals surface area (Å²) < 4.78 is 0. The number of carbonyl (C=O) groups is 2. The standard InChI is InChI=1S/C14H17Cl2NO3/c1-3-17(8-9(2)14(19)20)13(18)6-10-4-5-11(15)7-12(10)16/h4-5,7,9H,3,6,8H2,1-2H3,(H,19,20). The molecule has 1 N–H and O–H groups in total. The Morgan fingerprint density at radius 1 is 1.35 bits per heavy atom. The van der Waals surface area contributed by atoms with Crippen molar-refractivity contribution in [3.05, 3.63) is 33.8 Å². The van der Waals surface area contributed by atoms with Crippen molar-refractivity contribution in [3.63, 3.8) is 0 Å². The van der Waals surface area contributed by atoms with Crippen LogP contribution in [0.5, 0.6) is 0 Å². The quantitative estimate of drug-likeness (QED) is 0.877. The number of nitrogens with zero attached hydrogens (tertiary/aromatic N) is 1. The van der Waals surface area contributed by atoms with E-state index in [9.17, 15) is 9.59 Å². The second kappa shape index (κ2) is 7.50. The summed E-state index contributed by atoms with van der Waals surface area (Å²) in [5.74, 6) is -1.66. The Balaban J connectivity index is 2.74. The molecule has 0 aromatic heterocycles. The van der Waals surface area contributed by atoms with E-state index >= 15 is 0 Å². The zero-order valence-electron chi connectivity index (χ0n) is 11.4. The van der Waals surface area contributed by atoms with Crippen LogP contribution in [0, 0.1) is 5.92 Å². The van der Waals surface area contributed by atoms with Crippen molar-refractivity contribution in [1.82, 2.24) is 4.90 Å². The Morgan fingerprint density at radius 3 is 2.50 bits per heavy atom. The molecule has 0 saturated carbocycles. The Labute approximate surface area is 128 Å². The predicted octanol–water partition coefficient (Wildman–Crippen LogP) is 3.11. The summed E-state index contributed by atoms with van der Waals surface area (Å²) in [5, 5.41) is 9.85. The van der Waals surface area contributed by atoms with Gasteiger partial charge in [-0.3, -0.25) is 9.59 Å². The third-order valence-corrected chi connectivity index (χ3v) is 3.59. The maximum absolute atomic E-state index is 12.2. The van der Waals surface area contributed by atoms with Gasteiger partial charge in [0.2, 0.25) is 5.91 Å². The van der Waals surface area contributed by atoms with E-state index in [1.807, 2.05) is 6.92 Å². The summed E-state index contributed by atoms with van der Waals surface area (Å²) >= 11 is 11.8. The van der Waals surface area contributed by atoms with Crippen LogP contribution in [0.1, 0.15) is 19.4 Å². The van der Waals surface area contributed by atoms with Crippen molar-refractivity contribution in [3.8, 4) is 0 Å². The van der Waals surface area contributed by atoms with Crippen LogP contribution in [-0.2, 0) is 16.0 Å². The number of aliphatic carboxylic acids is 1. The maximum atomic E-state index is 12.2. The minimum absolute atomic E-state index is 0.135. The monoisotopic (exact) mass is 317 g/mol. The highest BCUT2D eigenvalue weighted by Gasteiger charge is 2.20. The van der Waals surface area contributed by atoms with Crippen LogP contribution in [0.3, 0.4) is 0 Å². The van der Waals surface area contributed by atoms with Crippen LogP contribution in [0.4, 0.5) is 0 Å². The molecule has 0 aliphatic heterocycles. The Bertz CT molecular complexity index is 505. The molecule has 1 aromatic carbocycles. The van der Waals surface area contributed by atoms with Crippen molar-refractivity contribution >= 4 is 35.1 Å². The summed E-state index contributed by atoms with van der Waals surface area (Å²) in [6.45, 7) is 4.04. The van der Waals surface area contributed by atoms with Gasteiger partial charge in [-0.1, -0.05) is 36.2 Å². The number of halogens is 2. The first-order chi connectivity index (χ1) is 9.35. The third kappa shape index (κ3) is 4.69. The number of likely N-dealkylation sites (N-methyl/N-ethyl adjacent to an activating group) is 1. The lowest BCUT2D eigenvalue weighted by atomic mass is 10.1. The number of carbonyl (C=O) groups excluding carboxylic acids is 1. The van der Waals surface area contributed by atoms with Crippen molar-refractivity contribution in [2.24, 2.45) is 5.92 Å². The van der Waals surface area contributed by atoms with Gasteiger partial charge in [-0.2, -0.15) is 0 Å². The number of hydrogen-bond donors (Lipinski definition) is 1. The summed E-state index contributed by atoms with van der Waals surface area (Å²) in [5.41, 5.74) is 0.683. The molecule has 0 aliphatic carbocycles. The number of rotatable bonds is 6. The minimum atomic E-state index is -0.916. The molecule has 110 valence electrons. The van der Waals surface area contributed by atoms with Gasteiger partial charge >= 0.3 is 5.97 Å². The van der Waals surface area contributed by atoms with Gasteiger partial charge in [-0.15, -0.1) is 0 Å². The van der Waals surface area contributed by atoms with E-state index in [4.69, 9.17) is 28.3 Å². The second-order valence-corrected chi connectivity index (χ2v) is 5.43.